The topological polar surface area (TPSA) is 41.1 Å². The first kappa shape index (κ1) is 11.9. The Hall–Kier alpha value is -1.16. The summed E-state index contributed by atoms with van der Waals surface area (Å²) in [5, 5.41) is 3.04. The van der Waals surface area contributed by atoms with Crippen LogP contribution in [0.4, 0.5) is 5.82 Å². The molecule has 1 rings (SSSR count). The molecule has 1 heterocycles. The zero-order valence-corrected chi connectivity index (χ0v) is 10.0. The monoisotopic (exact) mass is 208 g/mol. The first-order valence-electron chi connectivity index (χ1n) is 5.36. The lowest BCUT2D eigenvalue weighted by Gasteiger charge is -2.14. The fourth-order valence-electron chi connectivity index (χ4n) is 1.53. The summed E-state index contributed by atoms with van der Waals surface area (Å²) in [5.41, 5.74) is 1.01. The second-order valence-corrected chi connectivity index (χ2v) is 3.80. The quantitative estimate of drug-likeness (QED) is 0.799. The van der Waals surface area contributed by atoms with Crippen molar-refractivity contribution in [2.24, 2.45) is 0 Å². The molecule has 0 unspecified atom stereocenters. The predicted molar refractivity (Wildman–Crippen MR) is 62.9 cm³/mol. The number of aromatic nitrogens is 2. The molecule has 0 saturated heterocycles. The maximum Gasteiger partial charge on any atom is 0.144 e. The summed E-state index contributed by atoms with van der Waals surface area (Å²) < 4.78 is 0. The minimum atomic E-state index is 0.810. The van der Waals surface area contributed by atoms with Crippen LogP contribution in [0.5, 0.6) is 0 Å². The SMILES string of the molecule is CCCN(C)Cc1nc(C)cc(NC)n1. The van der Waals surface area contributed by atoms with E-state index in [0.717, 1.165) is 36.8 Å². The van der Waals surface area contributed by atoms with Crippen molar-refractivity contribution in [2.45, 2.75) is 26.8 Å². The van der Waals surface area contributed by atoms with Crippen LogP contribution in [0.1, 0.15) is 24.9 Å². The Morgan fingerprint density at radius 3 is 2.73 bits per heavy atom. The van der Waals surface area contributed by atoms with Crippen LogP contribution in [0, 0.1) is 6.92 Å². The van der Waals surface area contributed by atoms with Crippen molar-refractivity contribution in [2.75, 3.05) is 26.0 Å². The van der Waals surface area contributed by atoms with Gasteiger partial charge in [-0.2, -0.15) is 0 Å². The molecule has 84 valence electrons. The van der Waals surface area contributed by atoms with Gasteiger partial charge in [0.1, 0.15) is 11.6 Å². The number of hydrogen-bond acceptors (Lipinski definition) is 4. The van der Waals surface area contributed by atoms with E-state index in [1.807, 2.05) is 20.0 Å². The van der Waals surface area contributed by atoms with Crippen LogP contribution in [0.3, 0.4) is 0 Å². The average molecular weight is 208 g/mol. The van der Waals surface area contributed by atoms with Gasteiger partial charge in [-0.15, -0.1) is 0 Å². The van der Waals surface area contributed by atoms with E-state index < -0.39 is 0 Å². The van der Waals surface area contributed by atoms with Gasteiger partial charge in [0, 0.05) is 18.8 Å². The van der Waals surface area contributed by atoms with Gasteiger partial charge in [-0.05, 0) is 26.9 Å². The van der Waals surface area contributed by atoms with Gasteiger partial charge in [-0.25, -0.2) is 9.97 Å². The van der Waals surface area contributed by atoms with Crippen LogP contribution in [0.15, 0.2) is 6.07 Å². The lowest BCUT2D eigenvalue weighted by molar-refractivity contribution is 0.319. The Morgan fingerprint density at radius 1 is 1.40 bits per heavy atom. The Balaban J connectivity index is 2.71. The van der Waals surface area contributed by atoms with Gasteiger partial charge in [-0.1, -0.05) is 6.92 Å². The van der Waals surface area contributed by atoms with E-state index in [2.05, 4.69) is 34.2 Å². The van der Waals surface area contributed by atoms with E-state index in [9.17, 15) is 0 Å². The van der Waals surface area contributed by atoms with Crippen LogP contribution in [-0.4, -0.2) is 35.5 Å². The van der Waals surface area contributed by atoms with E-state index >= 15 is 0 Å². The molecule has 0 bridgehead atoms. The molecule has 0 aliphatic carbocycles. The van der Waals surface area contributed by atoms with Crippen molar-refractivity contribution in [1.29, 1.82) is 0 Å². The van der Waals surface area contributed by atoms with Crippen molar-refractivity contribution in [1.82, 2.24) is 14.9 Å². The zero-order chi connectivity index (χ0) is 11.3. The summed E-state index contributed by atoms with van der Waals surface area (Å²) in [7, 11) is 3.97. The van der Waals surface area contributed by atoms with Crippen molar-refractivity contribution in [3.8, 4) is 0 Å². The molecule has 0 amide bonds. The average Bonchev–Trinajstić information content (AvgIpc) is 2.17. The highest BCUT2D eigenvalue weighted by molar-refractivity contribution is 5.34. The van der Waals surface area contributed by atoms with Crippen molar-refractivity contribution in [3.05, 3.63) is 17.6 Å². The summed E-state index contributed by atoms with van der Waals surface area (Å²) in [6.07, 6.45) is 1.15. The third kappa shape index (κ3) is 3.83. The second-order valence-electron chi connectivity index (χ2n) is 3.80. The van der Waals surface area contributed by atoms with Crippen molar-refractivity contribution >= 4 is 5.82 Å². The molecule has 0 fully saturated rings. The number of rotatable bonds is 5. The van der Waals surface area contributed by atoms with Gasteiger partial charge in [0.05, 0.1) is 6.54 Å². The largest absolute Gasteiger partial charge is 0.373 e. The van der Waals surface area contributed by atoms with E-state index in [0.29, 0.717) is 0 Å². The molecule has 0 radical (unpaired) electrons. The van der Waals surface area contributed by atoms with Crippen LogP contribution in [0.2, 0.25) is 0 Å². The molecule has 4 heteroatoms. The van der Waals surface area contributed by atoms with Crippen molar-refractivity contribution < 1.29 is 0 Å². The molecule has 15 heavy (non-hydrogen) atoms. The van der Waals surface area contributed by atoms with Gasteiger partial charge >= 0.3 is 0 Å². The number of hydrogen-bond donors (Lipinski definition) is 1. The summed E-state index contributed by atoms with van der Waals surface area (Å²) in [5.74, 6) is 1.78. The fraction of sp³-hybridized carbons (Fsp3) is 0.636. The molecule has 0 aliphatic heterocycles. The Labute approximate surface area is 91.7 Å². The molecule has 1 aromatic heterocycles. The molecule has 0 atom stereocenters. The minimum absolute atomic E-state index is 0.810. The highest BCUT2D eigenvalue weighted by Gasteiger charge is 2.04. The predicted octanol–water partition coefficient (Wildman–Crippen LogP) is 1.67. The highest BCUT2D eigenvalue weighted by atomic mass is 15.1. The molecular weight excluding hydrogens is 188 g/mol. The molecule has 1 aromatic rings. The molecule has 0 aromatic carbocycles. The van der Waals surface area contributed by atoms with Gasteiger partial charge < -0.3 is 5.32 Å². The van der Waals surface area contributed by atoms with E-state index in [-0.39, 0.29) is 0 Å². The fourth-order valence-corrected chi connectivity index (χ4v) is 1.53. The van der Waals surface area contributed by atoms with Crippen LogP contribution in [0.25, 0.3) is 0 Å². The third-order valence-corrected chi connectivity index (χ3v) is 2.17. The summed E-state index contributed by atoms with van der Waals surface area (Å²) >= 11 is 0. The van der Waals surface area contributed by atoms with Gasteiger partial charge in [0.2, 0.25) is 0 Å². The molecule has 0 spiro atoms. The molecule has 0 saturated carbocycles. The van der Waals surface area contributed by atoms with E-state index in [1.165, 1.54) is 0 Å². The molecule has 1 N–H and O–H groups in total. The van der Waals surface area contributed by atoms with E-state index in [1.54, 1.807) is 0 Å². The maximum atomic E-state index is 4.41. The Bertz CT molecular complexity index is 311. The Kier molecular flexibility index (Phi) is 4.49. The van der Waals surface area contributed by atoms with Gasteiger partial charge in [0.25, 0.3) is 0 Å². The highest BCUT2D eigenvalue weighted by Crippen LogP contribution is 2.06. The molecule has 0 aliphatic rings. The zero-order valence-electron chi connectivity index (χ0n) is 10.0. The normalized spacial score (nSPS) is 10.7. The van der Waals surface area contributed by atoms with Crippen LogP contribution >= 0.6 is 0 Å². The smallest absolute Gasteiger partial charge is 0.144 e. The van der Waals surface area contributed by atoms with E-state index in [4.69, 9.17) is 0 Å². The van der Waals surface area contributed by atoms with Crippen molar-refractivity contribution in [3.63, 3.8) is 0 Å². The number of anilines is 1. The third-order valence-electron chi connectivity index (χ3n) is 2.17. The maximum absolute atomic E-state index is 4.41. The van der Waals surface area contributed by atoms with Crippen LogP contribution < -0.4 is 5.32 Å². The first-order chi connectivity index (χ1) is 7.15. The number of aryl methyl sites for hydroxylation is 1. The summed E-state index contributed by atoms with van der Waals surface area (Å²) in [6.45, 7) is 6.05. The summed E-state index contributed by atoms with van der Waals surface area (Å²) in [4.78, 5) is 11.1. The lowest BCUT2D eigenvalue weighted by atomic mass is 10.4. The first-order valence-corrected chi connectivity index (χ1v) is 5.36. The van der Waals surface area contributed by atoms with Gasteiger partial charge in [0.15, 0.2) is 0 Å². The number of nitrogens with zero attached hydrogens (tertiary/aromatic N) is 3. The molecule has 4 nitrogen and oxygen atoms in total. The van der Waals surface area contributed by atoms with Crippen LogP contribution in [-0.2, 0) is 6.54 Å². The molecular formula is C11H20N4. The summed E-state index contributed by atoms with van der Waals surface area (Å²) in [6, 6.07) is 1.95. The van der Waals surface area contributed by atoms with Gasteiger partial charge in [-0.3, -0.25) is 4.90 Å². The lowest BCUT2D eigenvalue weighted by Crippen LogP contribution is -2.20. The Morgan fingerprint density at radius 2 is 2.13 bits per heavy atom. The second kappa shape index (κ2) is 5.66. The minimum Gasteiger partial charge on any atom is -0.373 e. The standard InChI is InChI=1S/C11H20N4/c1-5-6-15(4)8-11-13-9(2)7-10(12-3)14-11/h7H,5-6,8H2,1-4H3,(H,12,13,14). The number of nitrogens with one attached hydrogen (secondary N) is 1.